The summed E-state index contributed by atoms with van der Waals surface area (Å²) in [4.78, 5) is 14.4. The number of rotatable bonds is 5. The Balaban J connectivity index is 1.51. The zero-order valence-corrected chi connectivity index (χ0v) is 12.8. The third-order valence-corrected chi connectivity index (χ3v) is 4.92. The molecule has 1 N–H and O–H groups in total. The van der Waals surface area contributed by atoms with E-state index in [4.69, 9.17) is 0 Å². The maximum atomic E-state index is 12.0. The first-order valence-corrected chi connectivity index (χ1v) is 8.06. The van der Waals surface area contributed by atoms with Crippen molar-refractivity contribution in [3.05, 3.63) is 57.8 Å². The quantitative estimate of drug-likeness (QED) is 0.665. The molecule has 0 bridgehead atoms. The molecule has 108 valence electrons. The van der Waals surface area contributed by atoms with Crippen LogP contribution in [0.3, 0.4) is 0 Å². The second-order valence-corrected chi connectivity index (χ2v) is 6.45. The summed E-state index contributed by atoms with van der Waals surface area (Å²) in [5.41, 5.74) is 3.90. The lowest BCUT2D eigenvalue weighted by molar-refractivity contribution is -0.122. The minimum absolute atomic E-state index is 0.0207. The molecular weight excluding hydrogens is 280 g/mol. The van der Waals surface area contributed by atoms with Crippen molar-refractivity contribution >= 4 is 23.5 Å². The Bertz CT molecular complexity index is 648. The number of nitrogens with zero attached hydrogens (tertiary/aromatic N) is 1. The zero-order valence-electron chi connectivity index (χ0n) is 12.0. The summed E-state index contributed by atoms with van der Waals surface area (Å²) in [5.74, 6) is 0.446. The molecule has 3 rings (SSSR count). The summed E-state index contributed by atoms with van der Waals surface area (Å²) in [6.07, 6.45) is 3.68. The Morgan fingerprint density at radius 3 is 2.86 bits per heavy atom. The fourth-order valence-corrected chi connectivity index (χ4v) is 3.27. The van der Waals surface area contributed by atoms with Crippen LogP contribution in [0.15, 0.2) is 47.6 Å². The highest BCUT2D eigenvalue weighted by molar-refractivity contribution is 7.13. The average molecular weight is 298 g/mol. The molecule has 21 heavy (non-hydrogen) atoms. The van der Waals surface area contributed by atoms with Crippen molar-refractivity contribution in [3.8, 4) is 0 Å². The van der Waals surface area contributed by atoms with E-state index >= 15 is 0 Å². The van der Waals surface area contributed by atoms with Crippen molar-refractivity contribution in [2.45, 2.75) is 25.7 Å². The molecule has 4 heteroatoms. The van der Waals surface area contributed by atoms with Crippen LogP contribution in [0.25, 0.3) is 0 Å². The van der Waals surface area contributed by atoms with E-state index < -0.39 is 0 Å². The van der Waals surface area contributed by atoms with Crippen LogP contribution in [-0.4, -0.2) is 12.1 Å². The van der Waals surface area contributed by atoms with E-state index in [2.05, 4.69) is 35.7 Å². The number of aryl methyl sites for hydroxylation is 1. The largest absolute Gasteiger partial charge is 0.273 e. The van der Waals surface area contributed by atoms with Crippen LogP contribution in [0.1, 0.15) is 34.6 Å². The second-order valence-electron chi connectivity index (χ2n) is 5.25. The van der Waals surface area contributed by atoms with E-state index in [-0.39, 0.29) is 11.8 Å². The molecule has 2 unspecified atom stereocenters. The third-order valence-electron chi connectivity index (χ3n) is 3.75. The fraction of sp³-hybridized carbons (Fsp3) is 0.294. The van der Waals surface area contributed by atoms with E-state index in [9.17, 15) is 4.79 Å². The van der Waals surface area contributed by atoms with E-state index in [0.29, 0.717) is 5.92 Å². The van der Waals surface area contributed by atoms with E-state index in [1.165, 1.54) is 10.4 Å². The minimum atomic E-state index is 0.0207. The van der Waals surface area contributed by atoms with Gasteiger partial charge < -0.3 is 0 Å². The van der Waals surface area contributed by atoms with Crippen molar-refractivity contribution in [1.29, 1.82) is 0 Å². The molecule has 1 aliphatic rings. The lowest BCUT2D eigenvalue weighted by atomic mass is 10.1. The van der Waals surface area contributed by atoms with Gasteiger partial charge in [0.15, 0.2) is 0 Å². The topological polar surface area (TPSA) is 41.5 Å². The van der Waals surface area contributed by atoms with Crippen LogP contribution in [-0.2, 0) is 11.2 Å². The van der Waals surface area contributed by atoms with Gasteiger partial charge in [0.25, 0.3) is 0 Å². The lowest BCUT2D eigenvalue weighted by Gasteiger charge is -1.99. The van der Waals surface area contributed by atoms with Crippen molar-refractivity contribution in [3.63, 3.8) is 0 Å². The summed E-state index contributed by atoms with van der Waals surface area (Å²) in [6.45, 7) is 2.13. The van der Waals surface area contributed by atoms with Crippen molar-refractivity contribution < 1.29 is 4.79 Å². The maximum absolute atomic E-state index is 12.0. The van der Waals surface area contributed by atoms with Gasteiger partial charge in [0.2, 0.25) is 5.91 Å². The Hall–Kier alpha value is -1.94. The molecule has 0 saturated heterocycles. The van der Waals surface area contributed by atoms with Gasteiger partial charge in [-0.05, 0) is 36.5 Å². The second kappa shape index (κ2) is 6.22. The smallest absolute Gasteiger partial charge is 0.243 e. The Morgan fingerprint density at radius 2 is 2.14 bits per heavy atom. The molecule has 3 nitrogen and oxygen atoms in total. The Kier molecular flexibility index (Phi) is 4.15. The van der Waals surface area contributed by atoms with Gasteiger partial charge in [-0.2, -0.15) is 5.10 Å². The molecule has 1 saturated carbocycles. The summed E-state index contributed by atoms with van der Waals surface area (Å²) >= 11 is 1.71. The standard InChI is InChI=1S/C17H18N2OS/c1-2-13-8-9-14(21-13)11-18-19-17(20)16-10-15(16)12-6-4-3-5-7-12/h3-9,11,15-16H,2,10H2,1H3,(H,19,20). The number of nitrogens with one attached hydrogen (secondary N) is 1. The van der Waals surface area contributed by atoms with Crippen LogP contribution >= 0.6 is 11.3 Å². The summed E-state index contributed by atoms with van der Waals surface area (Å²) in [5, 5.41) is 4.06. The highest BCUT2D eigenvalue weighted by Gasteiger charge is 2.43. The van der Waals surface area contributed by atoms with Crippen molar-refractivity contribution in [1.82, 2.24) is 5.43 Å². The summed E-state index contributed by atoms with van der Waals surface area (Å²) < 4.78 is 0. The van der Waals surface area contributed by atoms with Gasteiger partial charge in [0, 0.05) is 15.7 Å². The number of carbonyl (C=O) groups is 1. The zero-order chi connectivity index (χ0) is 14.7. The van der Waals surface area contributed by atoms with Gasteiger partial charge in [-0.3, -0.25) is 4.79 Å². The van der Waals surface area contributed by atoms with Gasteiger partial charge in [-0.15, -0.1) is 11.3 Å². The van der Waals surface area contributed by atoms with Crippen LogP contribution in [0, 0.1) is 5.92 Å². The first-order chi connectivity index (χ1) is 10.3. The van der Waals surface area contributed by atoms with E-state index in [1.807, 2.05) is 24.3 Å². The van der Waals surface area contributed by atoms with Crippen LogP contribution in [0.5, 0.6) is 0 Å². The molecule has 0 radical (unpaired) electrons. The molecule has 1 heterocycles. The normalized spacial score (nSPS) is 20.6. The molecule has 1 aliphatic carbocycles. The van der Waals surface area contributed by atoms with Gasteiger partial charge in [-0.25, -0.2) is 5.43 Å². The number of hydrogen-bond acceptors (Lipinski definition) is 3. The molecule has 1 fully saturated rings. The summed E-state index contributed by atoms with van der Waals surface area (Å²) in [7, 11) is 0. The van der Waals surface area contributed by atoms with E-state index in [1.54, 1.807) is 17.6 Å². The molecule has 2 aromatic rings. The van der Waals surface area contributed by atoms with Crippen molar-refractivity contribution in [2.24, 2.45) is 11.0 Å². The molecule has 2 atom stereocenters. The van der Waals surface area contributed by atoms with E-state index in [0.717, 1.165) is 17.7 Å². The van der Waals surface area contributed by atoms with Gasteiger partial charge in [0.1, 0.15) is 0 Å². The predicted molar refractivity (Wildman–Crippen MR) is 86.7 cm³/mol. The monoisotopic (exact) mass is 298 g/mol. The van der Waals surface area contributed by atoms with Gasteiger partial charge in [0.05, 0.1) is 6.21 Å². The van der Waals surface area contributed by atoms with Gasteiger partial charge in [-0.1, -0.05) is 37.3 Å². The van der Waals surface area contributed by atoms with Crippen molar-refractivity contribution in [2.75, 3.05) is 0 Å². The average Bonchev–Trinajstić information content (AvgIpc) is 3.20. The molecule has 0 aliphatic heterocycles. The number of hydrogen-bond donors (Lipinski definition) is 1. The number of thiophene rings is 1. The van der Waals surface area contributed by atoms with Crippen LogP contribution in [0.2, 0.25) is 0 Å². The summed E-state index contributed by atoms with van der Waals surface area (Å²) in [6, 6.07) is 14.3. The SMILES string of the molecule is CCc1ccc(C=NNC(=O)C2CC2c2ccccc2)s1. The Morgan fingerprint density at radius 1 is 1.33 bits per heavy atom. The lowest BCUT2D eigenvalue weighted by Crippen LogP contribution is -2.19. The molecule has 1 aromatic heterocycles. The molecule has 1 amide bonds. The number of benzene rings is 1. The Labute approximate surface area is 128 Å². The fourth-order valence-electron chi connectivity index (χ4n) is 2.45. The predicted octanol–water partition coefficient (Wildman–Crippen LogP) is 3.56. The number of carbonyl (C=O) groups excluding carboxylic acids is 1. The molecule has 1 aromatic carbocycles. The minimum Gasteiger partial charge on any atom is -0.273 e. The highest BCUT2D eigenvalue weighted by atomic mass is 32.1. The molecular formula is C17H18N2OS. The number of hydrazone groups is 1. The maximum Gasteiger partial charge on any atom is 0.243 e. The number of amides is 1. The highest BCUT2D eigenvalue weighted by Crippen LogP contribution is 2.47. The molecule has 0 spiro atoms. The van der Waals surface area contributed by atoms with Crippen LogP contribution in [0.4, 0.5) is 0 Å². The van der Waals surface area contributed by atoms with Crippen LogP contribution < -0.4 is 5.43 Å². The third kappa shape index (κ3) is 3.39. The first kappa shape index (κ1) is 14.0. The van der Waals surface area contributed by atoms with Gasteiger partial charge >= 0.3 is 0 Å². The first-order valence-electron chi connectivity index (χ1n) is 7.24.